The Morgan fingerprint density at radius 1 is 0.943 bits per heavy atom. The van der Waals surface area contributed by atoms with Crippen LogP contribution in [0.2, 0.25) is 0 Å². The summed E-state index contributed by atoms with van der Waals surface area (Å²) in [4.78, 5) is 27.5. The monoisotopic (exact) mass is 481 g/mol. The standard InChI is InChI=1S/C32H51NO2/c1-9-33-26(35)29(5)16-15-28(4)17-18-31(7)21(22(28)20-29)19-23(34)25-30(6)13-10-12-27(2,3)24(30)11-14-32(25,31)8/h19,22,24-25H,9-18,20H2,1-8H3,(H,33,35)/t22-,24?,25-,28-,29?,30+,31-,32-/m1/s1. The molecule has 5 aliphatic carbocycles. The van der Waals surface area contributed by atoms with Gasteiger partial charge in [-0.05, 0) is 110 Å². The van der Waals surface area contributed by atoms with E-state index in [1.54, 1.807) is 0 Å². The SMILES string of the molecule is CCNC(=O)C1(C)CC[C@]2(C)CC[C@]3(C)C(=CC(=O)[C@@H]4[C@@]5(C)CCCC(C)(C)C5CC[C@]43C)[C@H]2C1. The number of allylic oxidation sites excluding steroid dienone is 2. The van der Waals surface area contributed by atoms with E-state index in [4.69, 9.17) is 0 Å². The molecule has 4 fully saturated rings. The highest BCUT2D eigenvalue weighted by Gasteiger charge is 2.69. The molecule has 0 bridgehead atoms. The van der Waals surface area contributed by atoms with Crippen LogP contribution < -0.4 is 5.32 Å². The molecule has 35 heavy (non-hydrogen) atoms. The molecule has 2 unspecified atom stereocenters. The van der Waals surface area contributed by atoms with Crippen LogP contribution in [-0.2, 0) is 9.59 Å². The number of ketones is 1. The molecule has 0 aromatic carbocycles. The quantitative estimate of drug-likeness (QED) is 0.444. The average Bonchev–Trinajstić information content (AvgIpc) is 2.76. The Morgan fingerprint density at radius 3 is 2.31 bits per heavy atom. The van der Waals surface area contributed by atoms with Gasteiger partial charge in [-0.25, -0.2) is 0 Å². The van der Waals surface area contributed by atoms with E-state index in [1.807, 2.05) is 6.92 Å². The first kappa shape index (κ1) is 25.5. The van der Waals surface area contributed by atoms with Crippen LogP contribution in [0.4, 0.5) is 0 Å². The molecule has 196 valence electrons. The highest BCUT2D eigenvalue weighted by Crippen LogP contribution is 2.75. The van der Waals surface area contributed by atoms with Crippen LogP contribution >= 0.6 is 0 Å². The van der Waals surface area contributed by atoms with Gasteiger partial charge in [0.2, 0.25) is 5.91 Å². The van der Waals surface area contributed by atoms with Crippen LogP contribution in [0, 0.1) is 50.2 Å². The summed E-state index contributed by atoms with van der Waals surface area (Å²) in [5, 5.41) is 3.13. The van der Waals surface area contributed by atoms with Gasteiger partial charge in [0.15, 0.2) is 5.78 Å². The van der Waals surface area contributed by atoms with Crippen molar-refractivity contribution in [3.05, 3.63) is 11.6 Å². The Labute approximate surface area is 214 Å². The molecule has 8 atom stereocenters. The minimum atomic E-state index is -0.336. The van der Waals surface area contributed by atoms with Crippen LogP contribution in [0.3, 0.4) is 0 Å². The average molecular weight is 482 g/mol. The van der Waals surface area contributed by atoms with Gasteiger partial charge in [0.05, 0.1) is 0 Å². The number of hydrogen-bond donors (Lipinski definition) is 1. The Bertz CT molecular complexity index is 965. The molecule has 4 saturated carbocycles. The second-order valence-electron chi connectivity index (χ2n) is 15.5. The molecular weight excluding hydrogens is 430 g/mol. The molecule has 0 aromatic rings. The summed E-state index contributed by atoms with van der Waals surface area (Å²) in [7, 11) is 0. The zero-order chi connectivity index (χ0) is 25.7. The molecule has 3 heteroatoms. The second kappa shape index (κ2) is 7.70. The number of fused-ring (bicyclic) bond motifs is 7. The molecule has 5 rings (SSSR count). The Balaban J connectivity index is 1.59. The third-order valence-corrected chi connectivity index (χ3v) is 13.2. The third-order valence-electron chi connectivity index (χ3n) is 13.2. The highest BCUT2D eigenvalue weighted by atomic mass is 16.2. The van der Waals surface area contributed by atoms with Crippen LogP contribution in [0.15, 0.2) is 11.6 Å². The zero-order valence-corrected chi connectivity index (χ0v) is 23.9. The summed E-state index contributed by atoms with van der Waals surface area (Å²) in [6.45, 7) is 19.8. The molecule has 0 saturated heterocycles. The van der Waals surface area contributed by atoms with Crippen LogP contribution in [0.1, 0.15) is 120 Å². The number of carbonyl (C=O) groups is 2. The minimum Gasteiger partial charge on any atom is -0.356 e. The van der Waals surface area contributed by atoms with Gasteiger partial charge in [0, 0.05) is 17.9 Å². The van der Waals surface area contributed by atoms with Gasteiger partial charge in [-0.3, -0.25) is 9.59 Å². The first-order valence-corrected chi connectivity index (χ1v) is 14.7. The third kappa shape index (κ3) is 3.27. The lowest BCUT2D eigenvalue weighted by Gasteiger charge is -2.70. The zero-order valence-electron chi connectivity index (χ0n) is 23.9. The Morgan fingerprint density at radius 2 is 1.63 bits per heavy atom. The highest BCUT2D eigenvalue weighted by molar-refractivity contribution is 5.95. The predicted octanol–water partition coefficient (Wildman–Crippen LogP) is 7.49. The topological polar surface area (TPSA) is 46.2 Å². The van der Waals surface area contributed by atoms with Crippen molar-refractivity contribution >= 4 is 11.7 Å². The maximum Gasteiger partial charge on any atom is 0.225 e. The van der Waals surface area contributed by atoms with Crippen LogP contribution in [0.25, 0.3) is 0 Å². The largest absolute Gasteiger partial charge is 0.356 e. The summed E-state index contributed by atoms with van der Waals surface area (Å²) < 4.78 is 0. The van der Waals surface area contributed by atoms with Crippen molar-refractivity contribution in [2.45, 2.75) is 120 Å². The first-order valence-electron chi connectivity index (χ1n) is 14.7. The lowest BCUT2D eigenvalue weighted by atomic mass is 9.33. The van der Waals surface area contributed by atoms with E-state index in [2.05, 4.69) is 59.9 Å². The van der Waals surface area contributed by atoms with Gasteiger partial charge in [-0.15, -0.1) is 0 Å². The molecule has 1 N–H and O–H groups in total. The van der Waals surface area contributed by atoms with Crippen molar-refractivity contribution in [2.75, 3.05) is 6.54 Å². The lowest BCUT2D eigenvalue weighted by Crippen LogP contribution is -2.65. The number of carbonyl (C=O) groups excluding carboxylic acids is 2. The molecule has 3 nitrogen and oxygen atoms in total. The molecule has 0 aromatic heterocycles. The normalized spacial score (nSPS) is 50.7. The van der Waals surface area contributed by atoms with Crippen LogP contribution in [-0.4, -0.2) is 18.2 Å². The summed E-state index contributed by atoms with van der Waals surface area (Å²) >= 11 is 0. The summed E-state index contributed by atoms with van der Waals surface area (Å²) in [6, 6.07) is 0. The van der Waals surface area contributed by atoms with Gasteiger partial charge < -0.3 is 5.32 Å². The fourth-order valence-electron chi connectivity index (χ4n) is 10.9. The molecule has 1 amide bonds. The number of hydrogen-bond acceptors (Lipinski definition) is 2. The number of amides is 1. The number of nitrogens with one attached hydrogen (secondary N) is 1. The van der Waals surface area contributed by atoms with E-state index in [0.29, 0.717) is 29.6 Å². The van der Waals surface area contributed by atoms with Gasteiger partial charge in [0.1, 0.15) is 0 Å². The van der Waals surface area contributed by atoms with Crippen molar-refractivity contribution in [1.82, 2.24) is 5.32 Å². The molecular formula is C32H51NO2. The van der Waals surface area contributed by atoms with Crippen LogP contribution in [0.5, 0.6) is 0 Å². The Hall–Kier alpha value is -1.12. The van der Waals surface area contributed by atoms with Gasteiger partial charge in [-0.2, -0.15) is 0 Å². The van der Waals surface area contributed by atoms with Crippen molar-refractivity contribution in [2.24, 2.45) is 50.2 Å². The molecule has 0 radical (unpaired) electrons. The van der Waals surface area contributed by atoms with Crippen molar-refractivity contribution in [3.8, 4) is 0 Å². The van der Waals surface area contributed by atoms with Crippen molar-refractivity contribution in [3.63, 3.8) is 0 Å². The Kier molecular flexibility index (Phi) is 5.62. The maximum absolute atomic E-state index is 14.3. The maximum atomic E-state index is 14.3. The molecule has 0 heterocycles. The second-order valence-corrected chi connectivity index (χ2v) is 15.5. The van der Waals surface area contributed by atoms with E-state index >= 15 is 0 Å². The number of rotatable bonds is 2. The van der Waals surface area contributed by atoms with E-state index < -0.39 is 0 Å². The minimum absolute atomic E-state index is 0.00763. The predicted molar refractivity (Wildman–Crippen MR) is 143 cm³/mol. The molecule has 0 aliphatic heterocycles. The molecule has 5 aliphatic rings. The van der Waals surface area contributed by atoms with E-state index in [-0.39, 0.29) is 38.9 Å². The van der Waals surface area contributed by atoms with Gasteiger partial charge in [-0.1, -0.05) is 60.5 Å². The van der Waals surface area contributed by atoms with E-state index in [0.717, 1.165) is 25.7 Å². The summed E-state index contributed by atoms with van der Waals surface area (Å²) in [5.74, 6) is 1.72. The summed E-state index contributed by atoms with van der Waals surface area (Å²) in [5.41, 5.74) is 1.76. The lowest BCUT2D eigenvalue weighted by molar-refractivity contribution is -0.184. The van der Waals surface area contributed by atoms with E-state index in [9.17, 15) is 9.59 Å². The van der Waals surface area contributed by atoms with Crippen molar-refractivity contribution < 1.29 is 9.59 Å². The first-order chi connectivity index (χ1) is 16.2. The van der Waals surface area contributed by atoms with Gasteiger partial charge in [0.25, 0.3) is 0 Å². The van der Waals surface area contributed by atoms with Gasteiger partial charge >= 0.3 is 0 Å². The summed E-state index contributed by atoms with van der Waals surface area (Å²) in [6.07, 6.45) is 13.7. The van der Waals surface area contributed by atoms with Crippen molar-refractivity contribution in [1.29, 1.82) is 0 Å². The van der Waals surface area contributed by atoms with E-state index in [1.165, 1.54) is 44.1 Å². The smallest absolute Gasteiger partial charge is 0.225 e. The molecule has 0 spiro atoms. The fraction of sp³-hybridized carbons (Fsp3) is 0.875. The fourth-order valence-corrected chi connectivity index (χ4v) is 10.9.